The number of nitrogens with one attached hydrogen (secondary N) is 1. The number of halogens is 1. The van der Waals surface area contributed by atoms with Gasteiger partial charge >= 0.3 is 5.97 Å². The number of hydrogen-bond donors (Lipinski definition) is 2. The molecule has 36 heavy (non-hydrogen) atoms. The van der Waals surface area contributed by atoms with E-state index in [1.807, 2.05) is 31.2 Å². The number of ether oxygens (including phenoxy) is 3. The van der Waals surface area contributed by atoms with Crippen molar-refractivity contribution in [3.63, 3.8) is 0 Å². The smallest absolute Gasteiger partial charge is 0.337 e. The Morgan fingerprint density at radius 3 is 2.39 bits per heavy atom. The van der Waals surface area contributed by atoms with Crippen LogP contribution in [-0.4, -0.2) is 37.2 Å². The van der Waals surface area contributed by atoms with Gasteiger partial charge in [-0.15, -0.1) is 0 Å². The van der Waals surface area contributed by atoms with E-state index in [4.69, 9.17) is 14.2 Å². The Labute approximate surface area is 219 Å². The number of esters is 1. The lowest BCUT2D eigenvalue weighted by Crippen LogP contribution is -2.36. The highest BCUT2D eigenvalue weighted by Gasteiger charge is 2.42. The number of carbonyl (C=O) groups excluding carboxylic acids is 2. The molecule has 0 aromatic heterocycles. The van der Waals surface area contributed by atoms with Gasteiger partial charge in [0.2, 0.25) is 0 Å². The van der Waals surface area contributed by atoms with Gasteiger partial charge in [0.15, 0.2) is 17.3 Å². The number of dihydropyridines is 1. The van der Waals surface area contributed by atoms with Crippen LogP contribution < -0.4 is 14.8 Å². The second kappa shape index (κ2) is 10.4. The number of aromatic hydroxyl groups is 1. The van der Waals surface area contributed by atoms with E-state index in [-0.39, 0.29) is 29.3 Å². The summed E-state index contributed by atoms with van der Waals surface area (Å²) in [5.74, 6) is -0.244. The van der Waals surface area contributed by atoms with Crippen LogP contribution >= 0.6 is 15.9 Å². The Morgan fingerprint density at radius 1 is 1.08 bits per heavy atom. The van der Waals surface area contributed by atoms with Crippen molar-refractivity contribution in [2.75, 3.05) is 14.2 Å². The molecule has 2 aromatic rings. The summed E-state index contributed by atoms with van der Waals surface area (Å²) >= 11 is 3.38. The number of allylic oxidation sites excluding steroid dienone is 3. The first-order valence-electron chi connectivity index (χ1n) is 11.8. The summed E-state index contributed by atoms with van der Waals surface area (Å²) in [6, 6.07) is 11.1. The molecule has 2 aromatic carbocycles. The summed E-state index contributed by atoms with van der Waals surface area (Å²) in [7, 11) is 3.08. The minimum atomic E-state index is -0.664. The summed E-state index contributed by atoms with van der Waals surface area (Å²) < 4.78 is 16.6. The zero-order valence-corrected chi connectivity index (χ0v) is 22.6. The third-order valence-electron chi connectivity index (χ3n) is 6.58. The molecule has 0 bridgehead atoms. The highest BCUT2D eigenvalue weighted by Crippen LogP contribution is 2.48. The van der Waals surface area contributed by atoms with Crippen LogP contribution in [0.4, 0.5) is 0 Å². The van der Waals surface area contributed by atoms with Gasteiger partial charge in [-0.1, -0.05) is 12.1 Å². The fraction of sp³-hybridized carbons (Fsp3) is 0.357. The van der Waals surface area contributed by atoms with Crippen molar-refractivity contribution in [1.82, 2.24) is 5.32 Å². The summed E-state index contributed by atoms with van der Waals surface area (Å²) in [6.07, 6.45) is 0.603. The minimum Gasteiger partial charge on any atom is -0.503 e. The quantitative estimate of drug-likeness (QED) is 0.455. The van der Waals surface area contributed by atoms with E-state index < -0.39 is 11.9 Å². The van der Waals surface area contributed by atoms with Crippen molar-refractivity contribution in [2.45, 2.75) is 51.6 Å². The molecule has 7 nitrogen and oxygen atoms in total. The molecule has 0 radical (unpaired) electrons. The summed E-state index contributed by atoms with van der Waals surface area (Å²) in [6.45, 7) is 5.39. The van der Waals surface area contributed by atoms with Gasteiger partial charge in [-0.2, -0.15) is 0 Å². The first-order chi connectivity index (χ1) is 17.1. The Morgan fingerprint density at radius 2 is 1.78 bits per heavy atom. The molecule has 8 heteroatoms. The van der Waals surface area contributed by atoms with E-state index in [2.05, 4.69) is 21.2 Å². The fourth-order valence-corrected chi connectivity index (χ4v) is 5.41. The first-order valence-corrected chi connectivity index (χ1v) is 12.6. The molecule has 0 fully saturated rings. The molecule has 0 unspecified atom stereocenters. The van der Waals surface area contributed by atoms with Crippen molar-refractivity contribution < 1.29 is 28.9 Å². The van der Waals surface area contributed by atoms with Crippen LogP contribution in [0.25, 0.3) is 0 Å². The third-order valence-corrected chi connectivity index (χ3v) is 7.19. The standard InChI is InChI=1S/C28H30BrNO6/c1-14(2)36-28(33)24-15(3)30-21-11-17(16-6-8-19(34-4)9-7-16)12-22(31)26(21)25(24)18-10-20(29)27(32)23(13-18)35-5/h6-10,13-14,17,25,30,32H,11-12H2,1-5H3/t17-,25-/m1/s1. The predicted octanol–water partition coefficient (Wildman–Crippen LogP) is 5.49. The van der Waals surface area contributed by atoms with E-state index in [1.54, 1.807) is 33.1 Å². The van der Waals surface area contributed by atoms with Crippen molar-refractivity contribution in [3.05, 3.63) is 74.5 Å². The lowest BCUT2D eigenvalue weighted by Gasteiger charge is -2.37. The van der Waals surface area contributed by atoms with Gasteiger partial charge in [0.25, 0.3) is 0 Å². The molecule has 2 aliphatic rings. The number of phenols is 1. The van der Waals surface area contributed by atoms with Crippen LogP contribution in [0.3, 0.4) is 0 Å². The van der Waals surface area contributed by atoms with Gasteiger partial charge in [-0.25, -0.2) is 4.79 Å². The van der Waals surface area contributed by atoms with Crippen molar-refractivity contribution in [2.24, 2.45) is 0 Å². The number of hydrogen-bond acceptors (Lipinski definition) is 7. The first kappa shape index (κ1) is 25.8. The number of rotatable bonds is 6. The van der Waals surface area contributed by atoms with Gasteiger partial charge in [0.1, 0.15) is 5.75 Å². The second-order valence-corrected chi connectivity index (χ2v) is 10.2. The Hall–Kier alpha value is -3.26. The van der Waals surface area contributed by atoms with Gasteiger partial charge in [0.05, 0.1) is 30.4 Å². The minimum absolute atomic E-state index is 0.00615. The van der Waals surface area contributed by atoms with Crippen LogP contribution in [0.2, 0.25) is 0 Å². The maximum Gasteiger partial charge on any atom is 0.337 e. The largest absolute Gasteiger partial charge is 0.503 e. The number of benzene rings is 2. The average molecular weight is 556 g/mol. The van der Waals surface area contributed by atoms with Gasteiger partial charge in [-0.3, -0.25) is 4.79 Å². The number of Topliss-reactive ketones (excluding diaryl/α,β-unsaturated/α-hetero) is 1. The zero-order chi connectivity index (χ0) is 26.1. The fourth-order valence-electron chi connectivity index (χ4n) is 4.95. The second-order valence-electron chi connectivity index (χ2n) is 9.30. The monoisotopic (exact) mass is 555 g/mol. The molecule has 190 valence electrons. The topological polar surface area (TPSA) is 94.1 Å². The maximum atomic E-state index is 13.7. The lowest BCUT2D eigenvalue weighted by molar-refractivity contribution is -0.143. The molecular weight excluding hydrogens is 526 g/mol. The van der Waals surface area contributed by atoms with E-state index >= 15 is 0 Å². The SMILES string of the molecule is COc1ccc([C@H]2CC(=O)C3=C(C2)NC(C)=C(C(=O)OC(C)C)[C@H]3c2cc(Br)c(O)c(OC)c2)cc1. The van der Waals surface area contributed by atoms with Crippen LogP contribution in [0.15, 0.2) is 63.4 Å². The number of ketones is 1. The molecule has 2 atom stereocenters. The van der Waals surface area contributed by atoms with E-state index in [9.17, 15) is 14.7 Å². The summed E-state index contributed by atoms with van der Waals surface area (Å²) in [4.78, 5) is 27.0. The summed E-state index contributed by atoms with van der Waals surface area (Å²) in [5.41, 5.74) is 4.04. The van der Waals surface area contributed by atoms with E-state index in [1.165, 1.54) is 7.11 Å². The lowest BCUT2D eigenvalue weighted by atomic mass is 9.71. The van der Waals surface area contributed by atoms with Crippen LogP contribution in [-0.2, 0) is 14.3 Å². The van der Waals surface area contributed by atoms with Crippen LogP contribution in [0.5, 0.6) is 17.2 Å². The van der Waals surface area contributed by atoms with Crippen molar-refractivity contribution in [1.29, 1.82) is 0 Å². The van der Waals surface area contributed by atoms with Crippen molar-refractivity contribution in [3.8, 4) is 17.2 Å². The number of carbonyl (C=O) groups is 2. The molecule has 0 amide bonds. The Balaban J connectivity index is 1.83. The highest BCUT2D eigenvalue weighted by molar-refractivity contribution is 9.10. The van der Waals surface area contributed by atoms with Crippen molar-refractivity contribution >= 4 is 27.7 Å². The van der Waals surface area contributed by atoms with Crippen LogP contribution in [0.1, 0.15) is 56.6 Å². The molecule has 1 aliphatic heterocycles. The molecule has 0 saturated carbocycles. The van der Waals surface area contributed by atoms with E-state index in [0.29, 0.717) is 39.7 Å². The zero-order valence-electron chi connectivity index (χ0n) is 21.0. The predicted molar refractivity (Wildman–Crippen MR) is 139 cm³/mol. The highest BCUT2D eigenvalue weighted by atomic mass is 79.9. The number of phenolic OH excluding ortho intramolecular Hbond substituents is 1. The molecule has 2 N–H and O–H groups in total. The van der Waals surface area contributed by atoms with Crippen LogP contribution in [0, 0.1) is 0 Å². The van der Waals surface area contributed by atoms with Gasteiger partial charge in [0, 0.05) is 29.3 Å². The summed E-state index contributed by atoms with van der Waals surface area (Å²) in [5, 5.41) is 13.7. The third kappa shape index (κ3) is 4.87. The molecule has 4 rings (SSSR count). The molecule has 0 saturated heterocycles. The molecule has 1 heterocycles. The molecule has 0 spiro atoms. The number of methoxy groups -OCH3 is 2. The Bertz CT molecular complexity index is 1260. The normalized spacial score (nSPS) is 19.7. The maximum absolute atomic E-state index is 13.7. The van der Waals surface area contributed by atoms with Gasteiger partial charge < -0.3 is 24.6 Å². The van der Waals surface area contributed by atoms with Gasteiger partial charge in [-0.05, 0) is 84.4 Å². The molecule has 1 aliphatic carbocycles. The van der Waals surface area contributed by atoms with E-state index in [0.717, 1.165) is 17.0 Å². The Kier molecular flexibility index (Phi) is 7.45. The average Bonchev–Trinajstić information content (AvgIpc) is 2.84. The molecular formula is C28H30BrNO6.